The van der Waals surface area contributed by atoms with Gasteiger partial charge >= 0.3 is 0 Å². The van der Waals surface area contributed by atoms with Gasteiger partial charge in [0, 0.05) is 6.21 Å². The van der Waals surface area contributed by atoms with Crippen LogP contribution in [0.15, 0.2) is 9.98 Å². The summed E-state index contributed by atoms with van der Waals surface area (Å²) in [5.41, 5.74) is 5.52. The molecule has 1 aliphatic carbocycles. The van der Waals surface area contributed by atoms with Crippen molar-refractivity contribution in [1.29, 1.82) is 0 Å². The van der Waals surface area contributed by atoms with Crippen molar-refractivity contribution in [3.05, 3.63) is 0 Å². The van der Waals surface area contributed by atoms with E-state index in [9.17, 15) is 8.78 Å². The molecule has 0 atom stereocenters. The zero-order valence-electron chi connectivity index (χ0n) is 12.1. The van der Waals surface area contributed by atoms with Gasteiger partial charge in [-0.1, -0.05) is 26.7 Å². The minimum atomic E-state index is -2.39. The standard InChI is InChI=1S/C8H15N3.C3H5F2N.C2H6/c1-2-10-8(9)11-7-5-3-4-6-7;4-3(5)1-6-2-3;1-2/h2,7H,3-6H2,1H3,(H2,9,11);6H,1-2H2;1-2H3/b10-2-;;. The molecular weight excluding hydrogens is 250 g/mol. The average Bonchev–Trinajstić information content (AvgIpc) is 2.84. The number of halogens is 2. The van der Waals surface area contributed by atoms with E-state index in [1.165, 1.54) is 25.7 Å². The lowest BCUT2D eigenvalue weighted by atomic mass is 10.2. The number of nitrogens with zero attached hydrogens (tertiary/aromatic N) is 2. The van der Waals surface area contributed by atoms with Crippen molar-refractivity contribution in [1.82, 2.24) is 5.32 Å². The number of rotatable bonds is 1. The van der Waals surface area contributed by atoms with Gasteiger partial charge in [0.05, 0.1) is 19.1 Å². The van der Waals surface area contributed by atoms with Gasteiger partial charge in [-0.05, 0) is 19.8 Å². The first-order valence-corrected chi connectivity index (χ1v) is 6.94. The van der Waals surface area contributed by atoms with Crippen LogP contribution in [0.3, 0.4) is 0 Å². The van der Waals surface area contributed by atoms with Crippen molar-refractivity contribution < 1.29 is 8.78 Å². The predicted molar refractivity (Wildman–Crippen MR) is 77.2 cm³/mol. The molecule has 6 heteroatoms. The monoisotopic (exact) mass is 276 g/mol. The van der Waals surface area contributed by atoms with Crippen molar-refractivity contribution in [3.63, 3.8) is 0 Å². The largest absolute Gasteiger partial charge is 0.368 e. The Kier molecular flexibility index (Phi) is 9.30. The first kappa shape index (κ1) is 18.0. The van der Waals surface area contributed by atoms with Crippen LogP contribution in [0.2, 0.25) is 0 Å². The van der Waals surface area contributed by atoms with E-state index < -0.39 is 5.92 Å². The molecule has 0 radical (unpaired) electrons. The maximum absolute atomic E-state index is 11.5. The Morgan fingerprint density at radius 3 is 2.05 bits per heavy atom. The van der Waals surface area contributed by atoms with Crippen molar-refractivity contribution >= 4 is 12.2 Å². The van der Waals surface area contributed by atoms with Gasteiger partial charge < -0.3 is 11.1 Å². The molecule has 1 aliphatic heterocycles. The van der Waals surface area contributed by atoms with Gasteiger partial charge in [-0.25, -0.2) is 18.8 Å². The van der Waals surface area contributed by atoms with Gasteiger partial charge in [0.25, 0.3) is 5.92 Å². The van der Waals surface area contributed by atoms with E-state index in [1.807, 2.05) is 20.8 Å². The summed E-state index contributed by atoms with van der Waals surface area (Å²) in [6.45, 7) is 5.58. The van der Waals surface area contributed by atoms with Crippen molar-refractivity contribution in [3.8, 4) is 0 Å². The zero-order valence-corrected chi connectivity index (χ0v) is 12.1. The van der Waals surface area contributed by atoms with E-state index in [1.54, 1.807) is 6.21 Å². The van der Waals surface area contributed by atoms with Gasteiger partial charge in [-0.15, -0.1) is 0 Å². The zero-order chi connectivity index (χ0) is 14.7. The molecule has 2 fully saturated rings. The maximum atomic E-state index is 11.5. The molecule has 1 saturated heterocycles. The summed E-state index contributed by atoms with van der Waals surface area (Å²) in [6.07, 6.45) is 6.61. The van der Waals surface area contributed by atoms with Crippen LogP contribution in [-0.2, 0) is 0 Å². The highest BCUT2D eigenvalue weighted by Gasteiger charge is 2.36. The molecular formula is C13H26F2N4. The molecule has 2 rings (SSSR count). The van der Waals surface area contributed by atoms with Crippen LogP contribution < -0.4 is 11.1 Å². The third kappa shape index (κ3) is 8.64. The number of alkyl halides is 2. The molecule has 1 heterocycles. The Morgan fingerprint density at radius 1 is 1.26 bits per heavy atom. The number of aliphatic imine (C=N–C) groups is 2. The highest BCUT2D eigenvalue weighted by molar-refractivity contribution is 5.85. The SMILES string of the molecule is C/C=N\C(N)=NC1CCCC1.CC.FC1(F)CNC1. The van der Waals surface area contributed by atoms with Crippen molar-refractivity contribution in [2.24, 2.45) is 15.7 Å². The fraction of sp³-hybridized carbons (Fsp3) is 0.846. The van der Waals surface area contributed by atoms with Gasteiger partial charge in [0.15, 0.2) is 0 Å². The van der Waals surface area contributed by atoms with E-state index in [2.05, 4.69) is 15.3 Å². The van der Waals surface area contributed by atoms with Gasteiger partial charge in [0.2, 0.25) is 5.96 Å². The smallest absolute Gasteiger partial charge is 0.272 e. The van der Waals surface area contributed by atoms with Crippen LogP contribution in [0.5, 0.6) is 0 Å². The van der Waals surface area contributed by atoms with Gasteiger partial charge in [-0.3, -0.25) is 0 Å². The van der Waals surface area contributed by atoms with Crippen molar-refractivity contribution in [2.75, 3.05) is 13.1 Å². The molecule has 112 valence electrons. The first-order valence-electron chi connectivity index (χ1n) is 6.94. The molecule has 0 aromatic carbocycles. The lowest BCUT2D eigenvalue weighted by molar-refractivity contribution is -0.0475. The summed E-state index contributed by atoms with van der Waals surface area (Å²) >= 11 is 0. The maximum Gasteiger partial charge on any atom is 0.272 e. The van der Waals surface area contributed by atoms with E-state index >= 15 is 0 Å². The van der Waals surface area contributed by atoms with Crippen LogP contribution >= 0.6 is 0 Å². The first-order chi connectivity index (χ1) is 9.03. The molecule has 4 nitrogen and oxygen atoms in total. The Morgan fingerprint density at radius 2 is 1.74 bits per heavy atom. The quantitative estimate of drug-likeness (QED) is 0.571. The minimum absolute atomic E-state index is 0.132. The summed E-state index contributed by atoms with van der Waals surface area (Å²) < 4.78 is 23.0. The molecule has 2 aliphatic rings. The summed E-state index contributed by atoms with van der Waals surface area (Å²) in [4.78, 5) is 8.15. The highest BCUT2D eigenvalue weighted by atomic mass is 19.3. The Hall–Kier alpha value is -1.04. The van der Waals surface area contributed by atoms with E-state index in [4.69, 9.17) is 5.73 Å². The third-order valence-corrected chi connectivity index (χ3v) is 2.67. The number of nitrogens with two attached hydrogens (primary N) is 1. The molecule has 0 spiro atoms. The van der Waals surface area contributed by atoms with Crippen LogP contribution in [-0.4, -0.2) is 37.2 Å². The average molecular weight is 276 g/mol. The Bertz CT molecular complexity index is 278. The second-order valence-corrected chi connectivity index (χ2v) is 4.27. The summed E-state index contributed by atoms with van der Waals surface area (Å²) in [6, 6.07) is 0.443. The number of nitrogens with one attached hydrogen (secondary N) is 1. The molecule has 19 heavy (non-hydrogen) atoms. The Balaban J connectivity index is 0.000000341. The summed E-state index contributed by atoms with van der Waals surface area (Å²) in [7, 11) is 0. The number of hydrogen-bond donors (Lipinski definition) is 2. The lowest BCUT2D eigenvalue weighted by Gasteiger charge is -2.25. The van der Waals surface area contributed by atoms with Crippen molar-refractivity contribution in [2.45, 2.75) is 58.4 Å². The van der Waals surface area contributed by atoms with Crippen LogP contribution in [0.25, 0.3) is 0 Å². The fourth-order valence-corrected chi connectivity index (χ4v) is 1.70. The van der Waals surface area contributed by atoms with Crippen LogP contribution in [0, 0.1) is 0 Å². The topological polar surface area (TPSA) is 62.8 Å². The molecule has 0 unspecified atom stereocenters. The summed E-state index contributed by atoms with van der Waals surface area (Å²) in [5, 5.41) is 2.45. The third-order valence-electron chi connectivity index (χ3n) is 2.67. The Labute approximate surface area is 114 Å². The lowest BCUT2D eigenvalue weighted by Crippen LogP contribution is -2.52. The molecule has 1 saturated carbocycles. The molecule has 0 amide bonds. The summed E-state index contributed by atoms with van der Waals surface area (Å²) in [5.74, 6) is -1.96. The molecule has 0 aromatic heterocycles. The van der Waals surface area contributed by atoms with Gasteiger partial charge in [0.1, 0.15) is 0 Å². The minimum Gasteiger partial charge on any atom is -0.368 e. The number of guanidine groups is 1. The fourth-order valence-electron chi connectivity index (χ4n) is 1.70. The normalized spacial score (nSPS) is 22.1. The van der Waals surface area contributed by atoms with E-state index in [0.717, 1.165) is 0 Å². The molecule has 0 aromatic rings. The second kappa shape index (κ2) is 9.83. The highest BCUT2D eigenvalue weighted by Crippen LogP contribution is 2.20. The van der Waals surface area contributed by atoms with E-state index in [-0.39, 0.29) is 13.1 Å². The molecule has 0 bridgehead atoms. The second-order valence-electron chi connectivity index (χ2n) is 4.27. The van der Waals surface area contributed by atoms with Crippen LogP contribution in [0.1, 0.15) is 46.5 Å². The van der Waals surface area contributed by atoms with Crippen LogP contribution in [0.4, 0.5) is 8.78 Å². The van der Waals surface area contributed by atoms with Gasteiger partial charge in [-0.2, -0.15) is 0 Å². The van der Waals surface area contributed by atoms with E-state index in [0.29, 0.717) is 12.0 Å². The predicted octanol–water partition coefficient (Wildman–Crippen LogP) is 2.59. The molecule has 3 N–H and O–H groups in total. The number of hydrogen-bond acceptors (Lipinski definition) is 2.